The van der Waals surface area contributed by atoms with E-state index in [-0.39, 0.29) is 30.1 Å². The highest BCUT2D eigenvalue weighted by atomic mass is 32.1. The minimum Gasteiger partial charge on any atom is -0.351 e. The van der Waals surface area contributed by atoms with Gasteiger partial charge in [0.05, 0.1) is 6.42 Å². The molecule has 1 aromatic heterocycles. The Kier molecular flexibility index (Phi) is 8.08. The summed E-state index contributed by atoms with van der Waals surface area (Å²) in [6, 6.07) is 15.2. The Hall–Kier alpha value is -3.32. The summed E-state index contributed by atoms with van der Waals surface area (Å²) < 4.78 is 13.8. The van der Waals surface area contributed by atoms with Crippen LogP contribution in [-0.2, 0) is 16.0 Å². The van der Waals surface area contributed by atoms with Crippen LogP contribution in [0.2, 0.25) is 0 Å². The van der Waals surface area contributed by atoms with E-state index in [0.717, 1.165) is 37.0 Å². The maximum absolute atomic E-state index is 13.8. The second kappa shape index (κ2) is 11.4. The molecule has 0 radical (unpaired) electrons. The van der Waals surface area contributed by atoms with Crippen LogP contribution < -0.4 is 10.2 Å². The lowest BCUT2D eigenvalue weighted by atomic mass is 9.94. The molecule has 2 aromatic carbocycles. The molecule has 3 aromatic rings. The first-order valence-electron chi connectivity index (χ1n) is 11.9. The number of hydrogen-bond acceptors (Lipinski definition) is 4. The summed E-state index contributed by atoms with van der Waals surface area (Å²) in [7, 11) is 0. The zero-order valence-electron chi connectivity index (χ0n) is 19.7. The highest BCUT2D eigenvalue weighted by Crippen LogP contribution is 2.31. The van der Waals surface area contributed by atoms with Gasteiger partial charge in [-0.2, -0.15) is 0 Å². The van der Waals surface area contributed by atoms with Crippen LogP contribution in [0.25, 0.3) is 0 Å². The molecule has 0 spiro atoms. The van der Waals surface area contributed by atoms with Gasteiger partial charge in [0.25, 0.3) is 0 Å². The molecule has 1 heterocycles. The number of carbonyl (C=O) groups excluding carboxylic acids is 3. The van der Waals surface area contributed by atoms with Crippen molar-refractivity contribution in [2.75, 3.05) is 4.90 Å². The van der Waals surface area contributed by atoms with Gasteiger partial charge in [0, 0.05) is 22.2 Å². The monoisotopic (exact) mass is 492 g/mol. The van der Waals surface area contributed by atoms with Crippen LogP contribution in [0.3, 0.4) is 0 Å². The molecule has 1 atom stereocenters. The van der Waals surface area contributed by atoms with Crippen molar-refractivity contribution in [1.29, 1.82) is 0 Å². The zero-order chi connectivity index (χ0) is 24.8. The van der Waals surface area contributed by atoms with E-state index in [2.05, 4.69) is 5.32 Å². The summed E-state index contributed by atoms with van der Waals surface area (Å²) in [4.78, 5) is 42.0. The van der Waals surface area contributed by atoms with E-state index in [4.69, 9.17) is 0 Å². The van der Waals surface area contributed by atoms with Gasteiger partial charge in [-0.05, 0) is 61.0 Å². The number of nitrogens with zero attached hydrogens (tertiary/aromatic N) is 1. The van der Waals surface area contributed by atoms with Crippen molar-refractivity contribution in [3.8, 4) is 0 Å². The number of benzene rings is 2. The fourth-order valence-corrected chi connectivity index (χ4v) is 5.24. The van der Waals surface area contributed by atoms with Gasteiger partial charge < -0.3 is 5.32 Å². The van der Waals surface area contributed by atoms with Crippen molar-refractivity contribution in [2.45, 2.75) is 57.5 Å². The minimum absolute atomic E-state index is 0.0389. The Morgan fingerprint density at radius 3 is 2.43 bits per heavy atom. The third kappa shape index (κ3) is 6.22. The van der Waals surface area contributed by atoms with Crippen LogP contribution in [0.15, 0.2) is 66.0 Å². The van der Waals surface area contributed by atoms with E-state index in [1.165, 1.54) is 35.3 Å². The zero-order valence-corrected chi connectivity index (χ0v) is 20.5. The second-order valence-electron chi connectivity index (χ2n) is 8.92. The van der Waals surface area contributed by atoms with Gasteiger partial charge in [0.2, 0.25) is 11.8 Å². The van der Waals surface area contributed by atoms with Crippen molar-refractivity contribution in [1.82, 2.24) is 5.32 Å². The van der Waals surface area contributed by atoms with Crippen LogP contribution in [0.5, 0.6) is 0 Å². The molecule has 0 saturated heterocycles. The Balaban J connectivity index is 1.78. The Labute approximate surface area is 209 Å². The van der Waals surface area contributed by atoms with Gasteiger partial charge in [-0.1, -0.05) is 49.6 Å². The molecule has 0 aliphatic heterocycles. The normalized spacial score (nSPS) is 14.8. The molecule has 0 unspecified atom stereocenters. The van der Waals surface area contributed by atoms with Gasteiger partial charge in [-0.3, -0.25) is 19.3 Å². The number of halogens is 1. The van der Waals surface area contributed by atoms with Crippen LogP contribution in [0.1, 0.15) is 65.9 Å². The maximum atomic E-state index is 13.8. The quantitative estimate of drug-likeness (QED) is 0.401. The molecule has 1 fully saturated rings. The third-order valence-corrected chi connectivity index (χ3v) is 7.23. The molecule has 1 saturated carbocycles. The number of ketones is 1. The molecular formula is C28H29FN2O3S. The molecular weight excluding hydrogens is 463 g/mol. The smallest absolute Gasteiger partial charge is 0.248 e. The lowest BCUT2D eigenvalue weighted by Crippen LogP contribution is -2.47. The van der Waals surface area contributed by atoms with Crippen LogP contribution in [0.4, 0.5) is 10.1 Å². The van der Waals surface area contributed by atoms with Crippen LogP contribution in [-0.4, -0.2) is 23.6 Å². The van der Waals surface area contributed by atoms with Gasteiger partial charge >= 0.3 is 0 Å². The Bertz CT molecular complexity index is 1170. The number of nitrogens with one attached hydrogen (secondary N) is 1. The summed E-state index contributed by atoms with van der Waals surface area (Å²) in [6.07, 6.45) is 5.14. The van der Waals surface area contributed by atoms with Crippen molar-refractivity contribution >= 4 is 34.6 Å². The summed E-state index contributed by atoms with van der Waals surface area (Å²) >= 11 is 1.47. The van der Waals surface area contributed by atoms with E-state index >= 15 is 0 Å². The van der Waals surface area contributed by atoms with Gasteiger partial charge in [0.1, 0.15) is 11.9 Å². The molecule has 7 heteroatoms. The lowest BCUT2D eigenvalue weighted by Gasteiger charge is -2.33. The third-order valence-electron chi connectivity index (χ3n) is 6.35. The standard InChI is InChI=1S/C28H29FN2O3S/c1-19(32)21-7-5-10-24(17-21)31(26(33)18-25-11-6-16-35-25)27(20-12-14-22(29)15-13-20)28(34)30-23-8-3-2-4-9-23/h5-7,10-17,23,27H,2-4,8-9,18H2,1H3,(H,30,34)/t27-/m0/s1. The molecule has 4 rings (SSSR count). The molecule has 5 nitrogen and oxygen atoms in total. The molecule has 1 aliphatic carbocycles. The Morgan fingerprint density at radius 1 is 1.03 bits per heavy atom. The number of thiophene rings is 1. The minimum atomic E-state index is -1.01. The summed E-state index contributed by atoms with van der Waals surface area (Å²) in [5, 5.41) is 5.04. The molecule has 35 heavy (non-hydrogen) atoms. The lowest BCUT2D eigenvalue weighted by molar-refractivity contribution is -0.127. The highest BCUT2D eigenvalue weighted by molar-refractivity contribution is 7.10. The van der Waals surface area contributed by atoms with Gasteiger partial charge in [-0.25, -0.2) is 4.39 Å². The first-order valence-corrected chi connectivity index (χ1v) is 12.8. The van der Waals surface area contributed by atoms with Gasteiger partial charge in [0.15, 0.2) is 5.78 Å². The first-order chi connectivity index (χ1) is 16.9. The number of carbonyl (C=O) groups is 3. The first kappa shape index (κ1) is 24.8. The number of rotatable bonds is 8. The van der Waals surface area contributed by atoms with Crippen molar-refractivity contribution < 1.29 is 18.8 Å². The number of amides is 2. The molecule has 182 valence electrons. The predicted octanol–water partition coefficient (Wildman–Crippen LogP) is 5.86. The van der Waals surface area contributed by atoms with E-state index in [1.807, 2.05) is 17.5 Å². The largest absolute Gasteiger partial charge is 0.351 e. The average molecular weight is 493 g/mol. The Morgan fingerprint density at radius 2 is 1.77 bits per heavy atom. The fraction of sp³-hybridized carbons (Fsp3) is 0.321. The van der Waals surface area contributed by atoms with Gasteiger partial charge in [-0.15, -0.1) is 11.3 Å². The van der Waals surface area contributed by atoms with E-state index < -0.39 is 11.9 Å². The van der Waals surface area contributed by atoms with Crippen molar-refractivity contribution in [3.63, 3.8) is 0 Å². The SMILES string of the molecule is CC(=O)c1cccc(N(C(=O)Cc2cccs2)[C@H](C(=O)NC2CCCCC2)c2ccc(F)cc2)c1. The topological polar surface area (TPSA) is 66.5 Å². The maximum Gasteiger partial charge on any atom is 0.248 e. The molecule has 2 amide bonds. The predicted molar refractivity (Wildman–Crippen MR) is 136 cm³/mol. The van der Waals surface area contributed by atoms with Crippen molar-refractivity contribution in [2.24, 2.45) is 0 Å². The number of anilines is 1. The highest BCUT2D eigenvalue weighted by Gasteiger charge is 2.34. The van der Waals surface area contributed by atoms with Crippen LogP contribution in [0, 0.1) is 5.82 Å². The summed E-state index contributed by atoms with van der Waals surface area (Å²) in [6.45, 7) is 1.46. The fourth-order valence-electron chi connectivity index (χ4n) is 4.55. The molecule has 1 N–H and O–H groups in total. The van der Waals surface area contributed by atoms with Crippen LogP contribution >= 0.6 is 11.3 Å². The van der Waals surface area contributed by atoms with E-state index in [1.54, 1.807) is 36.4 Å². The van der Waals surface area contributed by atoms with E-state index in [9.17, 15) is 18.8 Å². The molecule has 0 bridgehead atoms. The summed E-state index contributed by atoms with van der Waals surface area (Å²) in [5.74, 6) is -1.14. The molecule has 1 aliphatic rings. The summed E-state index contributed by atoms with van der Waals surface area (Å²) in [5.41, 5.74) is 1.40. The second-order valence-corrected chi connectivity index (χ2v) is 9.96. The number of Topliss-reactive ketones (excluding diaryl/α,β-unsaturated/α-hetero) is 1. The average Bonchev–Trinajstić information content (AvgIpc) is 3.36. The van der Waals surface area contributed by atoms with E-state index in [0.29, 0.717) is 16.8 Å². The number of hydrogen-bond donors (Lipinski definition) is 1. The van der Waals surface area contributed by atoms with Crippen molar-refractivity contribution in [3.05, 3.63) is 87.9 Å².